The molecule has 1 saturated heterocycles. The quantitative estimate of drug-likeness (QED) is 0.906. The summed E-state index contributed by atoms with van der Waals surface area (Å²) in [5.41, 5.74) is 0.997. The summed E-state index contributed by atoms with van der Waals surface area (Å²) >= 11 is 6.02. The molecule has 0 bridgehead atoms. The van der Waals surface area contributed by atoms with E-state index in [2.05, 4.69) is 24.1 Å². The Bertz CT molecular complexity index is 440. The van der Waals surface area contributed by atoms with E-state index >= 15 is 0 Å². The van der Waals surface area contributed by atoms with Crippen molar-refractivity contribution in [2.75, 3.05) is 38.7 Å². The number of nitrogens with zero attached hydrogens (tertiary/aromatic N) is 1. The van der Waals surface area contributed by atoms with Crippen LogP contribution in [0.15, 0.2) is 18.2 Å². The minimum Gasteiger partial charge on any atom is -0.495 e. The monoisotopic (exact) mass is 298 g/mol. The lowest BCUT2D eigenvalue weighted by molar-refractivity contribution is -0.0315. The first-order chi connectivity index (χ1) is 9.60. The highest BCUT2D eigenvalue weighted by atomic mass is 35.5. The predicted molar refractivity (Wildman–Crippen MR) is 82.9 cm³/mol. The second-order valence-corrected chi connectivity index (χ2v) is 5.72. The number of hydrogen-bond donors (Lipinski definition) is 1. The first-order valence-corrected chi connectivity index (χ1v) is 7.41. The molecule has 1 aliphatic heterocycles. The Morgan fingerprint density at radius 2 is 2.30 bits per heavy atom. The number of ether oxygens (including phenoxy) is 2. The SMILES string of the molecule is COc1cc(NCC2CN(C(C)C)CCO2)ccc1Cl. The number of morpholine rings is 1. The summed E-state index contributed by atoms with van der Waals surface area (Å²) in [6, 6.07) is 6.27. The van der Waals surface area contributed by atoms with Crippen molar-refractivity contribution in [2.24, 2.45) is 0 Å². The van der Waals surface area contributed by atoms with Crippen LogP contribution in [0.1, 0.15) is 13.8 Å². The molecule has 1 aromatic carbocycles. The van der Waals surface area contributed by atoms with E-state index in [9.17, 15) is 0 Å². The number of rotatable bonds is 5. The molecule has 0 aromatic heterocycles. The Labute approximate surface area is 126 Å². The molecule has 1 fully saturated rings. The fourth-order valence-corrected chi connectivity index (χ4v) is 2.53. The molecule has 2 rings (SSSR count). The molecule has 0 radical (unpaired) electrons. The zero-order valence-electron chi connectivity index (χ0n) is 12.4. The summed E-state index contributed by atoms with van der Waals surface area (Å²) in [6.45, 7) is 8.01. The van der Waals surface area contributed by atoms with Crippen molar-refractivity contribution in [1.29, 1.82) is 0 Å². The highest BCUT2D eigenvalue weighted by Crippen LogP contribution is 2.27. The van der Waals surface area contributed by atoms with Crippen LogP contribution in [0.25, 0.3) is 0 Å². The Kier molecular flexibility index (Phi) is 5.52. The number of methoxy groups -OCH3 is 1. The summed E-state index contributed by atoms with van der Waals surface area (Å²) in [5.74, 6) is 0.685. The zero-order chi connectivity index (χ0) is 14.5. The molecule has 0 spiro atoms. The van der Waals surface area contributed by atoms with Gasteiger partial charge >= 0.3 is 0 Å². The fourth-order valence-electron chi connectivity index (χ4n) is 2.34. The van der Waals surface area contributed by atoms with E-state index in [1.165, 1.54) is 0 Å². The van der Waals surface area contributed by atoms with Gasteiger partial charge in [0.1, 0.15) is 5.75 Å². The molecule has 20 heavy (non-hydrogen) atoms. The van der Waals surface area contributed by atoms with Crippen LogP contribution in [0.5, 0.6) is 5.75 Å². The normalized spacial score (nSPS) is 20.1. The molecule has 4 nitrogen and oxygen atoms in total. The minimum atomic E-state index is 0.216. The maximum absolute atomic E-state index is 6.02. The van der Waals surface area contributed by atoms with Crippen LogP contribution < -0.4 is 10.1 Å². The predicted octanol–water partition coefficient (Wildman–Crippen LogP) is 2.87. The van der Waals surface area contributed by atoms with E-state index in [4.69, 9.17) is 21.1 Å². The van der Waals surface area contributed by atoms with E-state index in [0.29, 0.717) is 16.8 Å². The Morgan fingerprint density at radius 3 is 3.00 bits per heavy atom. The van der Waals surface area contributed by atoms with Gasteiger partial charge in [0.05, 0.1) is 24.8 Å². The molecule has 112 valence electrons. The third kappa shape index (κ3) is 4.01. The Morgan fingerprint density at radius 1 is 1.50 bits per heavy atom. The Hall–Kier alpha value is -0.970. The standard InChI is InChI=1S/C15H23ClN2O2/c1-11(2)18-6-7-20-13(10-18)9-17-12-4-5-14(16)15(8-12)19-3/h4-5,8,11,13,17H,6-7,9-10H2,1-3H3. The smallest absolute Gasteiger partial charge is 0.139 e. The molecular weight excluding hydrogens is 276 g/mol. The lowest BCUT2D eigenvalue weighted by atomic mass is 10.2. The van der Waals surface area contributed by atoms with Gasteiger partial charge in [0.2, 0.25) is 0 Å². The van der Waals surface area contributed by atoms with E-state index in [1.807, 2.05) is 18.2 Å². The van der Waals surface area contributed by atoms with Gasteiger partial charge in [-0.2, -0.15) is 0 Å². The molecule has 1 N–H and O–H groups in total. The van der Waals surface area contributed by atoms with Gasteiger partial charge in [-0.25, -0.2) is 0 Å². The van der Waals surface area contributed by atoms with Crippen LogP contribution in [0.3, 0.4) is 0 Å². The summed E-state index contributed by atoms with van der Waals surface area (Å²) in [7, 11) is 1.62. The second kappa shape index (κ2) is 7.16. The molecule has 1 unspecified atom stereocenters. The van der Waals surface area contributed by atoms with E-state index in [0.717, 1.165) is 31.9 Å². The molecule has 1 aliphatic rings. The molecule has 1 atom stereocenters. The molecule has 1 aromatic rings. The zero-order valence-corrected chi connectivity index (χ0v) is 13.1. The lowest BCUT2D eigenvalue weighted by Gasteiger charge is -2.35. The van der Waals surface area contributed by atoms with Gasteiger partial charge in [-0.15, -0.1) is 0 Å². The fraction of sp³-hybridized carbons (Fsp3) is 0.600. The van der Waals surface area contributed by atoms with Crippen molar-refractivity contribution in [2.45, 2.75) is 26.0 Å². The summed E-state index contributed by atoms with van der Waals surface area (Å²) < 4.78 is 11.0. The average Bonchev–Trinajstić information content (AvgIpc) is 2.46. The number of hydrogen-bond acceptors (Lipinski definition) is 4. The van der Waals surface area contributed by atoms with Crippen molar-refractivity contribution in [1.82, 2.24) is 4.90 Å². The third-order valence-corrected chi connectivity index (χ3v) is 3.90. The number of anilines is 1. The first-order valence-electron chi connectivity index (χ1n) is 7.03. The van der Waals surface area contributed by atoms with Gasteiger partial charge < -0.3 is 14.8 Å². The topological polar surface area (TPSA) is 33.7 Å². The molecular formula is C15H23ClN2O2. The second-order valence-electron chi connectivity index (χ2n) is 5.31. The highest BCUT2D eigenvalue weighted by molar-refractivity contribution is 6.32. The van der Waals surface area contributed by atoms with Crippen molar-refractivity contribution in [3.8, 4) is 5.75 Å². The number of benzene rings is 1. The maximum Gasteiger partial charge on any atom is 0.139 e. The van der Waals surface area contributed by atoms with Gasteiger partial charge in [0.25, 0.3) is 0 Å². The van der Waals surface area contributed by atoms with Crippen molar-refractivity contribution >= 4 is 17.3 Å². The Balaban J connectivity index is 1.88. The molecule has 0 aliphatic carbocycles. The van der Waals surface area contributed by atoms with Gasteiger partial charge in [-0.05, 0) is 26.0 Å². The molecule has 0 amide bonds. The summed E-state index contributed by atoms with van der Waals surface area (Å²) in [5, 5.41) is 4.01. The van der Waals surface area contributed by atoms with Gasteiger partial charge in [0, 0.05) is 37.4 Å². The molecule has 0 saturated carbocycles. The average molecular weight is 299 g/mol. The van der Waals surface area contributed by atoms with Crippen LogP contribution in [0.2, 0.25) is 5.02 Å². The summed E-state index contributed by atoms with van der Waals surface area (Å²) in [4.78, 5) is 2.44. The van der Waals surface area contributed by atoms with E-state index in [1.54, 1.807) is 7.11 Å². The van der Waals surface area contributed by atoms with Gasteiger partial charge in [-0.1, -0.05) is 11.6 Å². The summed E-state index contributed by atoms with van der Waals surface area (Å²) in [6.07, 6.45) is 0.216. The highest BCUT2D eigenvalue weighted by Gasteiger charge is 2.21. The number of halogens is 1. The van der Waals surface area contributed by atoms with Crippen molar-refractivity contribution < 1.29 is 9.47 Å². The van der Waals surface area contributed by atoms with Crippen LogP contribution in [-0.4, -0.2) is 50.4 Å². The van der Waals surface area contributed by atoms with Crippen LogP contribution in [0.4, 0.5) is 5.69 Å². The van der Waals surface area contributed by atoms with Crippen LogP contribution >= 0.6 is 11.6 Å². The lowest BCUT2D eigenvalue weighted by Crippen LogP contribution is -2.48. The van der Waals surface area contributed by atoms with Crippen molar-refractivity contribution in [3.63, 3.8) is 0 Å². The first kappa shape index (κ1) is 15.4. The van der Waals surface area contributed by atoms with Crippen LogP contribution in [-0.2, 0) is 4.74 Å². The van der Waals surface area contributed by atoms with E-state index in [-0.39, 0.29) is 6.10 Å². The number of nitrogens with one attached hydrogen (secondary N) is 1. The minimum absolute atomic E-state index is 0.216. The third-order valence-electron chi connectivity index (χ3n) is 3.59. The largest absolute Gasteiger partial charge is 0.495 e. The maximum atomic E-state index is 6.02. The van der Waals surface area contributed by atoms with E-state index < -0.39 is 0 Å². The van der Waals surface area contributed by atoms with Gasteiger partial charge in [-0.3, -0.25) is 4.90 Å². The molecule has 1 heterocycles. The van der Waals surface area contributed by atoms with Crippen molar-refractivity contribution in [3.05, 3.63) is 23.2 Å². The van der Waals surface area contributed by atoms with Gasteiger partial charge in [0.15, 0.2) is 0 Å². The van der Waals surface area contributed by atoms with Crippen LogP contribution in [0, 0.1) is 0 Å². The molecule has 5 heteroatoms.